The van der Waals surface area contributed by atoms with Crippen LogP contribution in [0.1, 0.15) is 17.5 Å². The molecule has 3 aliphatic rings. The van der Waals surface area contributed by atoms with Crippen LogP contribution in [0.15, 0.2) is 181 Å². The van der Waals surface area contributed by atoms with Crippen molar-refractivity contribution in [3.05, 3.63) is 187 Å². The van der Waals surface area contributed by atoms with Gasteiger partial charge in [0.2, 0.25) is 0 Å². The first kappa shape index (κ1) is 30.7. The minimum absolute atomic E-state index is 0.416. The number of thioether (sulfide) groups is 1. The minimum atomic E-state index is 0.416. The first-order chi connectivity index (χ1) is 26.3. The fourth-order valence-corrected chi connectivity index (χ4v) is 10.8. The van der Waals surface area contributed by atoms with E-state index in [0.717, 1.165) is 28.5 Å². The molecular weight excluding hydrogens is 681 g/mol. The molecule has 250 valence electrons. The Morgan fingerprint density at radius 3 is 2.08 bits per heavy atom. The van der Waals surface area contributed by atoms with Gasteiger partial charge in [-0.1, -0.05) is 146 Å². The standard InChI is InChI=1S/C49H32N2S2/c1-4-13-31(14-5-1)34-19-10-20-35(29-34)51(36-25-26-39-44(30-36)52-43-24-12-21-37(46(39)43)32-15-6-2-7-16-32)42-28-27-41-45-38(42)22-11-23-40(45)47-48(41)53-49(50-47)33-17-8-3-9-18-33/h1-23,25-30,43H,24H2. The van der Waals surface area contributed by atoms with Crippen molar-refractivity contribution in [1.82, 2.24) is 4.98 Å². The van der Waals surface area contributed by atoms with E-state index in [-0.39, 0.29) is 0 Å². The molecule has 0 fully saturated rings. The molecule has 0 radical (unpaired) electrons. The Hall–Kier alpha value is -5.94. The number of fused-ring (bicyclic) bond motifs is 6. The number of anilines is 3. The third-order valence-corrected chi connectivity index (χ3v) is 13.2. The van der Waals surface area contributed by atoms with E-state index in [0.29, 0.717) is 5.25 Å². The molecule has 0 saturated heterocycles. The van der Waals surface area contributed by atoms with Crippen LogP contribution in [-0.4, -0.2) is 10.2 Å². The predicted octanol–water partition coefficient (Wildman–Crippen LogP) is 14.1. The summed E-state index contributed by atoms with van der Waals surface area (Å²) in [6.45, 7) is 0. The SMILES string of the molecule is C1=CC(c2ccccc2)=C2c3ccc(N(c4cccc(-c5ccccc5)c4)c4ccc5c6c(cccc46)-c4nc(-c6ccccc6)sc4-5)cc3SC2C1. The Bertz CT molecular complexity index is 2750. The van der Waals surface area contributed by atoms with E-state index in [4.69, 9.17) is 4.98 Å². The second-order valence-corrected chi connectivity index (χ2v) is 16.0. The monoisotopic (exact) mass is 712 g/mol. The number of allylic oxidation sites excluding steroid dienone is 3. The van der Waals surface area contributed by atoms with Crippen molar-refractivity contribution >= 4 is 62.1 Å². The zero-order valence-corrected chi connectivity index (χ0v) is 30.4. The highest BCUT2D eigenvalue weighted by molar-refractivity contribution is 8.01. The molecule has 0 amide bonds. The van der Waals surface area contributed by atoms with Gasteiger partial charge < -0.3 is 4.90 Å². The molecule has 0 N–H and O–H groups in total. The van der Waals surface area contributed by atoms with E-state index in [1.165, 1.54) is 76.3 Å². The molecule has 2 aliphatic carbocycles. The van der Waals surface area contributed by atoms with Gasteiger partial charge in [-0.25, -0.2) is 4.98 Å². The van der Waals surface area contributed by atoms with Gasteiger partial charge in [-0.15, -0.1) is 23.1 Å². The van der Waals surface area contributed by atoms with E-state index in [1.54, 1.807) is 11.3 Å². The topological polar surface area (TPSA) is 16.1 Å². The van der Waals surface area contributed by atoms with Crippen LogP contribution in [0.2, 0.25) is 0 Å². The molecule has 0 bridgehead atoms. The van der Waals surface area contributed by atoms with Gasteiger partial charge in [0.1, 0.15) is 5.01 Å². The summed E-state index contributed by atoms with van der Waals surface area (Å²) in [5, 5.41) is 4.00. The summed E-state index contributed by atoms with van der Waals surface area (Å²) in [5.41, 5.74) is 16.1. The Kier molecular flexibility index (Phi) is 7.14. The molecule has 0 spiro atoms. The van der Waals surface area contributed by atoms with Crippen LogP contribution >= 0.6 is 23.1 Å². The fraction of sp³-hybridized carbons (Fsp3) is 0.0408. The first-order valence-electron chi connectivity index (χ1n) is 18.1. The molecule has 0 saturated carbocycles. The first-order valence-corrected chi connectivity index (χ1v) is 19.8. The van der Waals surface area contributed by atoms with Gasteiger partial charge in [0.05, 0.1) is 16.3 Å². The summed E-state index contributed by atoms with van der Waals surface area (Å²) in [4.78, 5) is 10.3. The van der Waals surface area contributed by atoms with Crippen LogP contribution < -0.4 is 4.90 Å². The average molecular weight is 713 g/mol. The Morgan fingerprint density at radius 1 is 0.566 bits per heavy atom. The van der Waals surface area contributed by atoms with Gasteiger partial charge >= 0.3 is 0 Å². The lowest BCUT2D eigenvalue weighted by Crippen LogP contribution is -2.11. The maximum Gasteiger partial charge on any atom is 0.124 e. The summed E-state index contributed by atoms with van der Waals surface area (Å²) < 4.78 is 0. The second kappa shape index (κ2) is 12.3. The number of nitrogens with zero attached hydrogens (tertiary/aromatic N) is 2. The number of hydrogen-bond donors (Lipinski definition) is 0. The number of rotatable bonds is 6. The van der Waals surface area contributed by atoms with Crippen molar-refractivity contribution in [2.24, 2.45) is 0 Å². The van der Waals surface area contributed by atoms with E-state index in [9.17, 15) is 0 Å². The van der Waals surface area contributed by atoms with Crippen LogP contribution in [0.5, 0.6) is 0 Å². The molecule has 2 nitrogen and oxygen atoms in total. The van der Waals surface area contributed by atoms with Crippen LogP contribution in [0.3, 0.4) is 0 Å². The van der Waals surface area contributed by atoms with Crippen LogP contribution in [0.25, 0.3) is 65.3 Å². The smallest absolute Gasteiger partial charge is 0.124 e. The molecule has 7 aromatic carbocycles. The molecule has 8 aromatic rings. The Balaban J connectivity index is 1.09. The summed E-state index contributed by atoms with van der Waals surface area (Å²) in [6.07, 6.45) is 5.72. The molecule has 4 heteroatoms. The average Bonchev–Trinajstić information content (AvgIpc) is 3.92. The van der Waals surface area contributed by atoms with Gasteiger partial charge in [0.25, 0.3) is 0 Å². The third-order valence-electron chi connectivity index (χ3n) is 10.7. The molecule has 11 rings (SSSR count). The van der Waals surface area contributed by atoms with E-state index in [1.807, 2.05) is 11.8 Å². The molecule has 1 aliphatic heterocycles. The van der Waals surface area contributed by atoms with Crippen LogP contribution in [0.4, 0.5) is 17.1 Å². The normalized spacial score (nSPS) is 15.1. The van der Waals surface area contributed by atoms with Crippen molar-refractivity contribution < 1.29 is 0 Å². The largest absolute Gasteiger partial charge is 0.310 e. The maximum absolute atomic E-state index is 5.23. The van der Waals surface area contributed by atoms with Gasteiger partial charge in [-0.05, 0) is 70.2 Å². The highest BCUT2D eigenvalue weighted by atomic mass is 32.2. The lowest BCUT2D eigenvalue weighted by Gasteiger charge is -2.28. The lowest BCUT2D eigenvalue weighted by atomic mass is 9.88. The number of aromatic nitrogens is 1. The van der Waals surface area contributed by atoms with Crippen molar-refractivity contribution in [2.75, 3.05) is 4.90 Å². The highest BCUT2D eigenvalue weighted by Crippen LogP contribution is 2.56. The summed E-state index contributed by atoms with van der Waals surface area (Å²) in [5.74, 6) is 0. The van der Waals surface area contributed by atoms with E-state index < -0.39 is 0 Å². The Labute approximate surface area is 317 Å². The molecular formula is C49H32N2S2. The van der Waals surface area contributed by atoms with Gasteiger partial charge in [0, 0.05) is 49.0 Å². The zero-order valence-electron chi connectivity index (χ0n) is 28.7. The fourth-order valence-electron chi connectivity index (χ4n) is 8.35. The third kappa shape index (κ3) is 4.98. The molecule has 2 heterocycles. The zero-order chi connectivity index (χ0) is 34.9. The molecule has 1 unspecified atom stereocenters. The lowest BCUT2D eigenvalue weighted by molar-refractivity contribution is 1.09. The van der Waals surface area contributed by atoms with Crippen molar-refractivity contribution in [3.8, 4) is 43.4 Å². The van der Waals surface area contributed by atoms with Gasteiger partial charge in [0.15, 0.2) is 0 Å². The molecule has 53 heavy (non-hydrogen) atoms. The summed E-state index contributed by atoms with van der Waals surface area (Å²) in [7, 11) is 0. The second-order valence-electron chi connectivity index (χ2n) is 13.8. The van der Waals surface area contributed by atoms with Crippen LogP contribution in [-0.2, 0) is 0 Å². The van der Waals surface area contributed by atoms with Gasteiger partial charge in [-0.2, -0.15) is 0 Å². The van der Waals surface area contributed by atoms with Crippen molar-refractivity contribution in [2.45, 2.75) is 16.6 Å². The molecule has 1 aromatic heterocycles. The quantitative estimate of drug-likeness (QED) is 0.171. The number of benzene rings is 7. The highest BCUT2D eigenvalue weighted by Gasteiger charge is 2.33. The predicted molar refractivity (Wildman–Crippen MR) is 226 cm³/mol. The maximum atomic E-state index is 5.23. The van der Waals surface area contributed by atoms with Crippen molar-refractivity contribution in [3.63, 3.8) is 0 Å². The summed E-state index contributed by atoms with van der Waals surface area (Å²) >= 11 is 3.80. The minimum Gasteiger partial charge on any atom is -0.310 e. The van der Waals surface area contributed by atoms with Crippen molar-refractivity contribution in [1.29, 1.82) is 0 Å². The number of thiazole rings is 1. The number of hydrogen-bond acceptors (Lipinski definition) is 4. The summed E-state index contributed by atoms with van der Waals surface area (Å²) in [6, 6.07) is 59.6. The Morgan fingerprint density at radius 2 is 1.26 bits per heavy atom. The van der Waals surface area contributed by atoms with E-state index in [2.05, 4.69) is 181 Å². The molecule has 1 atom stereocenters. The van der Waals surface area contributed by atoms with Crippen LogP contribution in [0, 0.1) is 0 Å². The van der Waals surface area contributed by atoms with Gasteiger partial charge in [-0.3, -0.25) is 0 Å². The van der Waals surface area contributed by atoms with E-state index >= 15 is 0 Å².